The van der Waals surface area contributed by atoms with E-state index in [0.717, 1.165) is 18.4 Å². The van der Waals surface area contributed by atoms with Crippen LogP contribution >= 0.6 is 0 Å². The Morgan fingerprint density at radius 2 is 2.19 bits per heavy atom. The summed E-state index contributed by atoms with van der Waals surface area (Å²) in [7, 11) is 1.50. The van der Waals surface area contributed by atoms with Gasteiger partial charge in [-0.2, -0.15) is 0 Å². The molecule has 2 N–H and O–H groups in total. The van der Waals surface area contributed by atoms with Crippen molar-refractivity contribution in [3.05, 3.63) is 35.1 Å². The Kier molecular flexibility index (Phi) is 7.74. The third-order valence-electron chi connectivity index (χ3n) is 1.98. The summed E-state index contributed by atoms with van der Waals surface area (Å²) in [6, 6.07) is 4.64. The molecule has 3 heteroatoms. The van der Waals surface area contributed by atoms with Gasteiger partial charge in [0.05, 0.1) is 5.56 Å². The largest absolute Gasteiger partial charge is 0.333 e. The summed E-state index contributed by atoms with van der Waals surface area (Å²) in [6.07, 6.45) is 7.90. The lowest BCUT2D eigenvalue weighted by Crippen LogP contribution is -1.91. The standard InChI is InChI=1S/C12H11FO.CH5N/c1-2-3-4-5-10-6-7-11(9-14)12(13)8-10;1-2/h1,6-9H,3-5H2;2H2,1H3. The molecule has 0 bridgehead atoms. The van der Waals surface area contributed by atoms with Gasteiger partial charge in [0.15, 0.2) is 6.29 Å². The second kappa shape index (κ2) is 8.63. The number of unbranched alkanes of at least 4 members (excludes halogenated alkanes) is 1. The fourth-order valence-electron chi connectivity index (χ4n) is 1.22. The molecule has 86 valence electrons. The van der Waals surface area contributed by atoms with Crippen molar-refractivity contribution < 1.29 is 9.18 Å². The molecule has 0 saturated carbocycles. The normalized spacial score (nSPS) is 8.62. The van der Waals surface area contributed by atoms with Crippen LogP contribution in [0.25, 0.3) is 0 Å². The van der Waals surface area contributed by atoms with E-state index in [2.05, 4.69) is 11.7 Å². The Morgan fingerprint density at radius 1 is 1.50 bits per heavy atom. The van der Waals surface area contributed by atoms with Crippen molar-refractivity contribution in [3.63, 3.8) is 0 Å². The molecule has 1 aromatic carbocycles. The first-order valence-corrected chi connectivity index (χ1v) is 5.02. The van der Waals surface area contributed by atoms with Crippen LogP contribution < -0.4 is 5.73 Å². The smallest absolute Gasteiger partial charge is 0.152 e. The average molecular weight is 221 g/mol. The van der Waals surface area contributed by atoms with Crippen LogP contribution in [0.4, 0.5) is 4.39 Å². The monoisotopic (exact) mass is 221 g/mol. The molecular weight excluding hydrogens is 205 g/mol. The molecule has 0 spiro atoms. The highest BCUT2D eigenvalue weighted by Crippen LogP contribution is 2.10. The van der Waals surface area contributed by atoms with Gasteiger partial charge in [0.2, 0.25) is 0 Å². The molecule has 0 aromatic heterocycles. The molecule has 0 radical (unpaired) electrons. The summed E-state index contributed by atoms with van der Waals surface area (Å²) in [5.74, 6) is 2.07. The number of rotatable bonds is 4. The van der Waals surface area contributed by atoms with E-state index in [-0.39, 0.29) is 5.56 Å². The lowest BCUT2D eigenvalue weighted by Gasteiger charge is -2.00. The van der Waals surface area contributed by atoms with Crippen molar-refractivity contribution in [2.24, 2.45) is 5.73 Å². The molecule has 0 aliphatic heterocycles. The number of aryl methyl sites for hydroxylation is 1. The van der Waals surface area contributed by atoms with Gasteiger partial charge in [0, 0.05) is 6.42 Å². The summed E-state index contributed by atoms with van der Waals surface area (Å²) >= 11 is 0. The lowest BCUT2D eigenvalue weighted by atomic mass is 10.1. The van der Waals surface area contributed by atoms with Crippen molar-refractivity contribution in [2.45, 2.75) is 19.3 Å². The topological polar surface area (TPSA) is 43.1 Å². The highest BCUT2D eigenvalue weighted by molar-refractivity contribution is 5.75. The molecule has 0 fully saturated rings. The summed E-state index contributed by atoms with van der Waals surface area (Å²) in [5.41, 5.74) is 5.48. The van der Waals surface area contributed by atoms with E-state index >= 15 is 0 Å². The van der Waals surface area contributed by atoms with Gasteiger partial charge in [-0.05, 0) is 37.6 Å². The van der Waals surface area contributed by atoms with Crippen LogP contribution in [0.5, 0.6) is 0 Å². The van der Waals surface area contributed by atoms with Gasteiger partial charge in [-0.25, -0.2) is 4.39 Å². The number of halogens is 1. The Balaban J connectivity index is 0.00000106. The zero-order valence-electron chi connectivity index (χ0n) is 9.37. The predicted molar refractivity (Wildman–Crippen MR) is 63.7 cm³/mol. The van der Waals surface area contributed by atoms with Crippen LogP contribution in [-0.4, -0.2) is 13.3 Å². The van der Waals surface area contributed by atoms with E-state index in [4.69, 9.17) is 6.42 Å². The van der Waals surface area contributed by atoms with Crippen molar-refractivity contribution in [1.82, 2.24) is 0 Å². The second-order valence-corrected chi connectivity index (χ2v) is 3.03. The van der Waals surface area contributed by atoms with Gasteiger partial charge in [-0.3, -0.25) is 4.79 Å². The number of carbonyl (C=O) groups is 1. The Bertz CT molecular complexity index is 369. The molecule has 0 aliphatic rings. The van der Waals surface area contributed by atoms with Crippen LogP contribution in [0, 0.1) is 18.2 Å². The summed E-state index contributed by atoms with van der Waals surface area (Å²) in [5, 5.41) is 0. The van der Waals surface area contributed by atoms with Crippen molar-refractivity contribution in [1.29, 1.82) is 0 Å². The zero-order valence-corrected chi connectivity index (χ0v) is 9.37. The minimum absolute atomic E-state index is 0.102. The van der Waals surface area contributed by atoms with E-state index in [1.54, 1.807) is 6.07 Å². The van der Waals surface area contributed by atoms with E-state index < -0.39 is 5.82 Å². The molecule has 1 aromatic rings. The average Bonchev–Trinajstić information content (AvgIpc) is 2.32. The molecule has 0 saturated heterocycles. The molecule has 0 aliphatic carbocycles. The van der Waals surface area contributed by atoms with Crippen molar-refractivity contribution >= 4 is 6.29 Å². The van der Waals surface area contributed by atoms with Crippen LogP contribution in [-0.2, 0) is 6.42 Å². The van der Waals surface area contributed by atoms with E-state index in [1.165, 1.54) is 19.2 Å². The van der Waals surface area contributed by atoms with Gasteiger partial charge in [-0.1, -0.05) is 6.07 Å². The van der Waals surface area contributed by atoms with Gasteiger partial charge in [0.1, 0.15) is 5.82 Å². The Morgan fingerprint density at radius 3 is 2.69 bits per heavy atom. The van der Waals surface area contributed by atoms with Gasteiger partial charge in [0.25, 0.3) is 0 Å². The van der Waals surface area contributed by atoms with E-state index in [1.807, 2.05) is 0 Å². The number of carbonyl (C=O) groups excluding carboxylic acids is 1. The maximum atomic E-state index is 13.1. The molecule has 0 amide bonds. The number of benzene rings is 1. The van der Waals surface area contributed by atoms with Crippen LogP contribution in [0.1, 0.15) is 28.8 Å². The molecule has 2 nitrogen and oxygen atoms in total. The fraction of sp³-hybridized carbons (Fsp3) is 0.308. The summed E-state index contributed by atoms with van der Waals surface area (Å²) in [6.45, 7) is 0. The maximum Gasteiger partial charge on any atom is 0.152 e. The number of nitrogens with two attached hydrogens (primary N) is 1. The zero-order chi connectivity index (χ0) is 12.4. The Labute approximate surface area is 95.7 Å². The lowest BCUT2D eigenvalue weighted by molar-refractivity contribution is 0.112. The molecule has 16 heavy (non-hydrogen) atoms. The van der Waals surface area contributed by atoms with E-state index in [0.29, 0.717) is 12.7 Å². The predicted octanol–water partition coefficient (Wildman–Crippen LogP) is 2.17. The first-order valence-electron chi connectivity index (χ1n) is 5.02. The van der Waals surface area contributed by atoms with Gasteiger partial charge >= 0.3 is 0 Å². The minimum Gasteiger partial charge on any atom is -0.333 e. The summed E-state index contributed by atoms with van der Waals surface area (Å²) in [4.78, 5) is 10.3. The molecular formula is C13H16FNO. The maximum absolute atomic E-state index is 13.1. The first-order chi connectivity index (χ1) is 7.77. The second-order valence-electron chi connectivity index (χ2n) is 3.03. The number of terminal acetylenes is 1. The highest BCUT2D eigenvalue weighted by atomic mass is 19.1. The van der Waals surface area contributed by atoms with Crippen molar-refractivity contribution in [2.75, 3.05) is 7.05 Å². The van der Waals surface area contributed by atoms with Crippen molar-refractivity contribution in [3.8, 4) is 12.3 Å². The number of aldehydes is 1. The fourth-order valence-corrected chi connectivity index (χ4v) is 1.22. The Hall–Kier alpha value is -1.66. The summed E-state index contributed by atoms with van der Waals surface area (Å²) < 4.78 is 13.1. The van der Waals surface area contributed by atoms with Gasteiger partial charge in [-0.15, -0.1) is 12.3 Å². The molecule has 0 unspecified atom stereocenters. The third kappa shape index (κ3) is 4.72. The SMILES string of the molecule is C#CCCCc1ccc(C=O)c(F)c1.CN. The highest BCUT2D eigenvalue weighted by Gasteiger charge is 2.01. The molecule has 0 atom stereocenters. The van der Waals surface area contributed by atoms with Gasteiger partial charge < -0.3 is 5.73 Å². The van der Waals surface area contributed by atoms with E-state index in [9.17, 15) is 9.18 Å². The quantitative estimate of drug-likeness (QED) is 0.481. The number of hydrogen-bond acceptors (Lipinski definition) is 2. The first kappa shape index (κ1) is 14.3. The van der Waals surface area contributed by atoms with Crippen LogP contribution in [0.15, 0.2) is 18.2 Å². The van der Waals surface area contributed by atoms with Crippen LogP contribution in [0.3, 0.4) is 0 Å². The third-order valence-corrected chi connectivity index (χ3v) is 1.98. The minimum atomic E-state index is -0.460. The van der Waals surface area contributed by atoms with Crippen LogP contribution in [0.2, 0.25) is 0 Å². The molecule has 1 rings (SSSR count). The molecule has 0 heterocycles. The number of hydrogen-bond donors (Lipinski definition) is 1.